The van der Waals surface area contributed by atoms with E-state index in [4.69, 9.17) is 0 Å². The fraction of sp³-hybridized carbons (Fsp3) is 0.609. The lowest BCUT2D eigenvalue weighted by Crippen LogP contribution is -2.55. The molecule has 0 aliphatic carbocycles. The summed E-state index contributed by atoms with van der Waals surface area (Å²) in [6.07, 6.45) is 1.43. The largest absolute Gasteiger partial charge is 0.394 e. The molecule has 7 heteroatoms. The van der Waals surface area contributed by atoms with Crippen LogP contribution in [-0.2, 0) is 20.8 Å². The SMILES string of the molecule is CC(=O)N[C@@H](CC(C)C)C(=O)N[C@@H](CC(C)C)C(=O)N[C@H](CO)Cc1ccccc1. The lowest BCUT2D eigenvalue weighted by atomic mass is 9.99. The number of carbonyl (C=O) groups excluding carboxylic acids is 3. The van der Waals surface area contributed by atoms with Gasteiger partial charge in [-0.3, -0.25) is 14.4 Å². The molecule has 7 nitrogen and oxygen atoms in total. The van der Waals surface area contributed by atoms with E-state index in [-0.39, 0.29) is 36.2 Å². The molecule has 0 fully saturated rings. The van der Waals surface area contributed by atoms with Crippen molar-refractivity contribution in [2.75, 3.05) is 6.61 Å². The van der Waals surface area contributed by atoms with Crippen LogP contribution in [0.4, 0.5) is 0 Å². The van der Waals surface area contributed by atoms with Gasteiger partial charge in [-0.05, 0) is 36.7 Å². The number of aliphatic hydroxyl groups excluding tert-OH is 1. The van der Waals surface area contributed by atoms with Crippen LogP contribution in [0.1, 0.15) is 53.0 Å². The van der Waals surface area contributed by atoms with Crippen LogP contribution in [0.3, 0.4) is 0 Å². The molecule has 0 bridgehead atoms. The van der Waals surface area contributed by atoms with Crippen LogP contribution >= 0.6 is 0 Å². The monoisotopic (exact) mass is 419 g/mol. The first-order chi connectivity index (χ1) is 14.1. The fourth-order valence-electron chi connectivity index (χ4n) is 3.29. The minimum absolute atomic E-state index is 0.173. The van der Waals surface area contributed by atoms with Crippen LogP contribution in [0.15, 0.2) is 30.3 Å². The van der Waals surface area contributed by atoms with E-state index >= 15 is 0 Å². The van der Waals surface area contributed by atoms with Gasteiger partial charge in [-0.2, -0.15) is 0 Å². The predicted molar refractivity (Wildman–Crippen MR) is 118 cm³/mol. The fourth-order valence-corrected chi connectivity index (χ4v) is 3.29. The van der Waals surface area contributed by atoms with Crippen molar-refractivity contribution in [3.8, 4) is 0 Å². The van der Waals surface area contributed by atoms with E-state index < -0.39 is 18.1 Å². The van der Waals surface area contributed by atoms with Crippen molar-refractivity contribution in [2.24, 2.45) is 11.8 Å². The maximum atomic E-state index is 12.9. The van der Waals surface area contributed by atoms with Gasteiger partial charge in [0.15, 0.2) is 0 Å². The van der Waals surface area contributed by atoms with Crippen molar-refractivity contribution in [1.29, 1.82) is 0 Å². The van der Waals surface area contributed by atoms with Crippen LogP contribution < -0.4 is 16.0 Å². The second kappa shape index (κ2) is 13.0. The van der Waals surface area contributed by atoms with Gasteiger partial charge in [0, 0.05) is 6.92 Å². The Morgan fingerprint density at radius 2 is 1.33 bits per heavy atom. The van der Waals surface area contributed by atoms with Gasteiger partial charge in [-0.25, -0.2) is 0 Å². The molecule has 0 aromatic heterocycles. The van der Waals surface area contributed by atoms with E-state index in [1.165, 1.54) is 6.92 Å². The van der Waals surface area contributed by atoms with Gasteiger partial charge in [0.25, 0.3) is 0 Å². The first kappa shape index (κ1) is 25.6. The first-order valence-corrected chi connectivity index (χ1v) is 10.6. The predicted octanol–water partition coefficient (Wildman–Crippen LogP) is 1.79. The smallest absolute Gasteiger partial charge is 0.243 e. The minimum Gasteiger partial charge on any atom is -0.394 e. The second-order valence-electron chi connectivity index (χ2n) is 8.65. The Hall–Kier alpha value is -2.41. The Kier molecular flexibility index (Phi) is 11.1. The van der Waals surface area contributed by atoms with Gasteiger partial charge in [-0.15, -0.1) is 0 Å². The molecule has 3 amide bonds. The number of nitrogens with one attached hydrogen (secondary N) is 3. The zero-order valence-electron chi connectivity index (χ0n) is 18.8. The quantitative estimate of drug-likeness (QED) is 0.414. The third kappa shape index (κ3) is 9.87. The van der Waals surface area contributed by atoms with Crippen LogP contribution in [0.25, 0.3) is 0 Å². The van der Waals surface area contributed by atoms with Gasteiger partial charge in [-0.1, -0.05) is 58.0 Å². The standard InChI is InChI=1S/C23H37N3O4/c1-15(2)11-20(24-17(5)28)23(30)26-21(12-16(3)4)22(29)25-19(14-27)13-18-9-7-6-8-10-18/h6-10,15-16,19-21,27H,11-14H2,1-5H3,(H,24,28)(H,25,29)(H,26,30)/t19-,20-,21-/m0/s1. The van der Waals surface area contributed by atoms with Crippen LogP contribution in [-0.4, -0.2) is 47.6 Å². The van der Waals surface area contributed by atoms with Crippen molar-refractivity contribution >= 4 is 17.7 Å². The third-order valence-corrected chi connectivity index (χ3v) is 4.63. The zero-order chi connectivity index (χ0) is 22.7. The van der Waals surface area contributed by atoms with Gasteiger partial charge < -0.3 is 21.1 Å². The Bertz CT molecular complexity index is 676. The van der Waals surface area contributed by atoms with Crippen molar-refractivity contribution in [2.45, 2.75) is 72.0 Å². The Morgan fingerprint density at radius 1 is 0.833 bits per heavy atom. The van der Waals surface area contributed by atoms with Gasteiger partial charge in [0.2, 0.25) is 17.7 Å². The summed E-state index contributed by atoms with van der Waals surface area (Å²) in [5.74, 6) is -0.619. The lowest BCUT2D eigenvalue weighted by Gasteiger charge is -2.26. The minimum atomic E-state index is -0.745. The molecule has 0 aliphatic heterocycles. The number of amides is 3. The molecule has 0 spiro atoms. The molecular formula is C23H37N3O4. The summed E-state index contributed by atoms with van der Waals surface area (Å²) in [7, 11) is 0. The molecule has 3 atom stereocenters. The lowest BCUT2D eigenvalue weighted by molar-refractivity contribution is -0.132. The number of hydrogen-bond acceptors (Lipinski definition) is 4. The number of aliphatic hydroxyl groups is 1. The summed E-state index contributed by atoms with van der Waals surface area (Å²) in [6.45, 7) is 9.05. The van der Waals surface area contributed by atoms with Crippen LogP contribution in [0.5, 0.6) is 0 Å². The molecule has 0 saturated carbocycles. The molecule has 0 radical (unpaired) electrons. The van der Waals surface area contributed by atoms with E-state index in [1.807, 2.05) is 58.0 Å². The molecule has 0 unspecified atom stereocenters. The third-order valence-electron chi connectivity index (χ3n) is 4.63. The highest BCUT2D eigenvalue weighted by molar-refractivity contribution is 5.91. The van der Waals surface area contributed by atoms with Crippen molar-refractivity contribution in [3.63, 3.8) is 0 Å². The summed E-state index contributed by atoms with van der Waals surface area (Å²) in [5, 5.41) is 18.0. The Balaban J connectivity index is 2.85. The number of hydrogen-bond donors (Lipinski definition) is 4. The highest BCUT2D eigenvalue weighted by atomic mass is 16.3. The Labute approximate surface area is 180 Å². The van der Waals surface area contributed by atoms with E-state index in [9.17, 15) is 19.5 Å². The molecule has 4 N–H and O–H groups in total. The number of rotatable bonds is 12. The van der Waals surface area contributed by atoms with E-state index in [0.29, 0.717) is 19.3 Å². The molecule has 1 rings (SSSR count). The number of benzene rings is 1. The molecule has 168 valence electrons. The molecule has 1 aromatic carbocycles. The van der Waals surface area contributed by atoms with Crippen molar-refractivity contribution < 1.29 is 19.5 Å². The van der Waals surface area contributed by atoms with Gasteiger partial charge in [0.1, 0.15) is 12.1 Å². The van der Waals surface area contributed by atoms with E-state index in [0.717, 1.165) is 5.56 Å². The van der Waals surface area contributed by atoms with Crippen molar-refractivity contribution in [3.05, 3.63) is 35.9 Å². The summed E-state index contributed by atoms with van der Waals surface area (Å²) in [5.41, 5.74) is 1.00. The van der Waals surface area contributed by atoms with Crippen molar-refractivity contribution in [1.82, 2.24) is 16.0 Å². The normalized spacial score (nSPS) is 14.1. The molecule has 0 saturated heterocycles. The molecule has 0 aliphatic rings. The highest BCUT2D eigenvalue weighted by Gasteiger charge is 2.28. The highest BCUT2D eigenvalue weighted by Crippen LogP contribution is 2.10. The number of carbonyl (C=O) groups is 3. The topological polar surface area (TPSA) is 108 Å². The van der Waals surface area contributed by atoms with Crippen LogP contribution in [0.2, 0.25) is 0 Å². The summed E-state index contributed by atoms with van der Waals surface area (Å²) in [4.78, 5) is 37.2. The average Bonchev–Trinajstić information content (AvgIpc) is 2.66. The summed E-state index contributed by atoms with van der Waals surface area (Å²) >= 11 is 0. The summed E-state index contributed by atoms with van der Waals surface area (Å²) in [6, 6.07) is 7.71. The van der Waals surface area contributed by atoms with E-state index in [2.05, 4.69) is 16.0 Å². The second-order valence-corrected chi connectivity index (χ2v) is 8.65. The van der Waals surface area contributed by atoms with Crippen LogP contribution in [0, 0.1) is 11.8 Å². The Morgan fingerprint density at radius 3 is 1.80 bits per heavy atom. The molecular weight excluding hydrogens is 382 g/mol. The average molecular weight is 420 g/mol. The van der Waals surface area contributed by atoms with E-state index in [1.54, 1.807) is 0 Å². The zero-order valence-corrected chi connectivity index (χ0v) is 18.8. The molecule has 1 aromatic rings. The van der Waals surface area contributed by atoms with Gasteiger partial charge >= 0.3 is 0 Å². The summed E-state index contributed by atoms with van der Waals surface area (Å²) < 4.78 is 0. The maximum Gasteiger partial charge on any atom is 0.243 e. The maximum absolute atomic E-state index is 12.9. The molecule has 0 heterocycles. The van der Waals surface area contributed by atoms with Gasteiger partial charge in [0.05, 0.1) is 12.6 Å². The molecule has 30 heavy (non-hydrogen) atoms. The first-order valence-electron chi connectivity index (χ1n) is 10.6.